The average molecular weight is 395 g/mol. The fourth-order valence-electron chi connectivity index (χ4n) is 4.44. The van der Waals surface area contributed by atoms with Crippen LogP contribution in [-0.2, 0) is 16.4 Å². The number of fused-ring (bicyclic) bond motifs is 3. The first kappa shape index (κ1) is 17.5. The Kier molecular flexibility index (Phi) is 4.07. The Morgan fingerprint density at radius 2 is 1.93 bits per heavy atom. The molecule has 2 aliphatic heterocycles. The van der Waals surface area contributed by atoms with E-state index >= 15 is 0 Å². The maximum atomic E-state index is 13.1. The van der Waals surface area contributed by atoms with Crippen molar-refractivity contribution in [2.24, 2.45) is 0 Å². The second-order valence-electron chi connectivity index (χ2n) is 7.46. The molecule has 0 aliphatic carbocycles. The molecule has 1 aromatic heterocycles. The maximum absolute atomic E-state index is 13.1. The number of likely N-dealkylation sites (tertiary alicyclic amines) is 1. The first-order chi connectivity index (χ1) is 13.6. The topological polar surface area (TPSA) is 59.8 Å². The second kappa shape index (κ2) is 6.50. The van der Waals surface area contributed by atoms with Crippen LogP contribution in [0.25, 0.3) is 11.3 Å². The fraction of sp³-hybridized carbons (Fsp3) is 0.273. The van der Waals surface area contributed by atoms with Gasteiger partial charge in [0.25, 0.3) is 0 Å². The zero-order valence-electron chi connectivity index (χ0n) is 15.5. The van der Waals surface area contributed by atoms with Crippen LogP contribution in [0.2, 0.25) is 0 Å². The molecule has 0 spiro atoms. The summed E-state index contributed by atoms with van der Waals surface area (Å²) in [6.45, 7) is 2.04. The lowest BCUT2D eigenvalue weighted by Gasteiger charge is -2.17. The zero-order valence-corrected chi connectivity index (χ0v) is 16.4. The molecule has 144 valence electrons. The van der Waals surface area contributed by atoms with Crippen LogP contribution in [0.1, 0.15) is 17.0 Å². The maximum Gasteiger partial charge on any atom is 0.183 e. The van der Waals surface area contributed by atoms with Crippen molar-refractivity contribution in [2.75, 3.05) is 20.2 Å². The second-order valence-corrected chi connectivity index (χ2v) is 9.60. The van der Waals surface area contributed by atoms with Gasteiger partial charge in [-0.25, -0.2) is 8.42 Å². The minimum absolute atomic E-state index is 0.00756. The summed E-state index contributed by atoms with van der Waals surface area (Å²) in [5.41, 5.74) is 3.01. The van der Waals surface area contributed by atoms with Crippen LogP contribution < -0.4 is 4.74 Å². The molecule has 0 amide bonds. The lowest BCUT2D eigenvalue weighted by atomic mass is 9.96. The highest BCUT2D eigenvalue weighted by atomic mass is 32.2. The first-order valence-electron chi connectivity index (χ1n) is 9.33. The molecule has 5 nitrogen and oxygen atoms in total. The van der Waals surface area contributed by atoms with E-state index in [0.29, 0.717) is 11.4 Å². The summed E-state index contributed by atoms with van der Waals surface area (Å²) in [6.07, 6.45) is 1.63. The normalized spacial score (nSPS) is 22.8. The van der Waals surface area contributed by atoms with E-state index in [0.717, 1.165) is 41.3 Å². The lowest BCUT2D eigenvalue weighted by molar-refractivity contribution is 0.325. The molecule has 28 heavy (non-hydrogen) atoms. The van der Waals surface area contributed by atoms with E-state index in [1.54, 1.807) is 19.4 Å². The molecule has 1 fully saturated rings. The van der Waals surface area contributed by atoms with Crippen molar-refractivity contribution >= 4 is 9.84 Å². The van der Waals surface area contributed by atoms with Crippen LogP contribution in [0.4, 0.5) is 0 Å². The smallest absolute Gasteiger partial charge is 0.183 e. The van der Waals surface area contributed by atoms with Crippen molar-refractivity contribution in [1.29, 1.82) is 0 Å². The van der Waals surface area contributed by atoms with Gasteiger partial charge < -0.3 is 9.15 Å². The third kappa shape index (κ3) is 2.75. The van der Waals surface area contributed by atoms with Crippen LogP contribution in [0.15, 0.2) is 70.2 Å². The molecule has 2 aromatic carbocycles. The number of benzene rings is 2. The van der Waals surface area contributed by atoms with E-state index in [2.05, 4.69) is 4.90 Å². The molecule has 1 saturated heterocycles. The van der Waals surface area contributed by atoms with Crippen LogP contribution >= 0.6 is 0 Å². The third-order valence-corrected chi connectivity index (χ3v) is 8.09. The van der Waals surface area contributed by atoms with Crippen molar-refractivity contribution in [3.63, 3.8) is 0 Å². The van der Waals surface area contributed by atoms with Gasteiger partial charge in [0.15, 0.2) is 9.84 Å². The monoisotopic (exact) mass is 395 g/mol. The largest absolute Gasteiger partial charge is 0.497 e. The Labute approximate surface area is 164 Å². The summed E-state index contributed by atoms with van der Waals surface area (Å²) in [4.78, 5) is 2.72. The SMILES string of the molecule is COc1ccc(CN2C[C@@H]3c4cc(-c5ccco5)ccc4S(=O)(=O)[C@H]3C2)cc1. The van der Waals surface area contributed by atoms with Crippen molar-refractivity contribution in [2.45, 2.75) is 22.6 Å². The van der Waals surface area contributed by atoms with Crippen LogP contribution in [0.5, 0.6) is 5.75 Å². The van der Waals surface area contributed by atoms with Gasteiger partial charge in [0.05, 0.1) is 23.5 Å². The summed E-state index contributed by atoms with van der Waals surface area (Å²) >= 11 is 0. The summed E-state index contributed by atoms with van der Waals surface area (Å²) in [6, 6.07) is 17.3. The fourth-order valence-corrected chi connectivity index (χ4v) is 6.63. The van der Waals surface area contributed by atoms with E-state index in [1.165, 1.54) is 0 Å². The molecule has 0 N–H and O–H groups in total. The number of rotatable bonds is 4. The van der Waals surface area contributed by atoms with E-state index in [9.17, 15) is 8.42 Å². The van der Waals surface area contributed by atoms with Gasteiger partial charge in [-0.3, -0.25) is 4.90 Å². The lowest BCUT2D eigenvalue weighted by Crippen LogP contribution is -2.25. The molecule has 3 aromatic rings. The van der Waals surface area contributed by atoms with Gasteiger partial charge in [-0.2, -0.15) is 0 Å². The zero-order chi connectivity index (χ0) is 19.3. The molecule has 0 saturated carbocycles. The van der Waals surface area contributed by atoms with Gasteiger partial charge >= 0.3 is 0 Å². The minimum atomic E-state index is -3.30. The molecule has 2 atom stereocenters. The minimum Gasteiger partial charge on any atom is -0.497 e. The molecular formula is C22H21NO4S. The predicted molar refractivity (Wildman–Crippen MR) is 106 cm³/mol. The van der Waals surface area contributed by atoms with Crippen LogP contribution in [0.3, 0.4) is 0 Å². The summed E-state index contributed by atoms with van der Waals surface area (Å²) in [5, 5.41) is -0.368. The van der Waals surface area contributed by atoms with E-state index in [4.69, 9.17) is 9.15 Å². The number of hydrogen-bond donors (Lipinski definition) is 0. The Hall–Kier alpha value is -2.57. The molecule has 0 unspecified atom stereocenters. The summed E-state index contributed by atoms with van der Waals surface area (Å²) in [5.74, 6) is 1.59. The van der Waals surface area contributed by atoms with E-state index in [-0.39, 0.29) is 11.2 Å². The number of nitrogens with zero attached hydrogens (tertiary/aromatic N) is 1. The van der Waals surface area contributed by atoms with Gasteiger partial charge in [0, 0.05) is 31.1 Å². The number of ether oxygens (including phenoxy) is 1. The average Bonchev–Trinajstić information content (AvgIpc) is 3.41. The molecule has 2 aliphatic rings. The third-order valence-electron chi connectivity index (χ3n) is 5.83. The Morgan fingerprint density at radius 1 is 1.11 bits per heavy atom. The number of sulfone groups is 1. The van der Waals surface area contributed by atoms with Crippen LogP contribution in [-0.4, -0.2) is 38.8 Å². The van der Waals surface area contributed by atoms with E-state index < -0.39 is 9.84 Å². The standard InChI is InChI=1S/C22H21NO4S/c1-26-17-7-4-15(5-8-17)12-23-13-19-18-11-16(20-3-2-10-27-20)6-9-21(18)28(24,25)22(19)14-23/h2-11,19,22H,12-14H2,1H3/t19-,22+/m1/s1. The Morgan fingerprint density at radius 3 is 2.64 bits per heavy atom. The molecular weight excluding hydrogens is 374 g/mol. The Balaban J connectivity index is 1.43. The van der Waals surface area contributed by atoms with Gasteiger partial charge in [0.2, 0.25) is 0 Å². The van der Waals surface area contributed by atoms with Gasteiger partial charge in [-0.1, -0.05) is 12.1 Å². The highest BCUT2D eigenvalue weighted by molar-refractivity contribution is 7.92. The number of methoxy groups -OCH3 is 1. The van der Waals surface area contributed by atoms with E-state index in [1.807, 2.05) is 48.5 Å². The van der Waals surface area contributed by atoms with Crippen molar-refractivity contribution < 1.29 is 17.6 Å². The first-order valence-corrected chi connectivity index (χ1v) is 10.9. The van der Waals surface area contributed by atoms with Gasteiger partial charge in [0.1, 0.15) is 11.5 Å². The molecule has 0 radical (unpaired) electrons. The highest BCUT2D eigenvalue weighted by Gasteiger charge is 2.50. The van der Waals surface area contributed by atoms with Crippen molar-refractivity contribution in [1.82, 2.24) is 4.90 Å². The Bertz CT molecular complexity index is 1100. The quantitative estimate of drug-likeness (QED) is 0.674. The highest BCUT2D eigenvalue weighted by Crippen LogP contribution is 2.46. The summed E-state index contributed by atoms with van der Waals surface area (Å²) < 4.78 is 36.9. The van der Waals surface area contributed by atoms with Crippen molar-refractivity contribution in [3.8, 4) is 17.1 Å². The predicted octanol–water partition coefficient (Wildman–Crippen LogP) is 3.71. The molecule has 5 rings (SSSR count). The molecule has 0 bridgehead atoms. The van der Waals surface area contributed by atoms with Crippen molar-refractivity contribution in [3.05, 3.63) is 72.0 Å². The van der Waals surface area contributed by atoms with Crippen LogP contribution in [0, 0.1) is 0 Å². The number of hydrogen-bond acceptors (Lipinski definition) is 5. The van der Waals surface area contributed by atoms with Gasteiger partial charge in [-0.05, 0) is 53.6 Å². The molecule has 6 heteroatoms. The van der Waals surface area contributed by atoms with Gasteiger partial charge in [-0.15, -0.1) is 0 Å². The summed E-state index contributed by atoms with van der Waals surface area (Å²) in [7, 11) is -1.65. The number of furan rings is 1. The molecule has 3 heterocycles.